The van der Waals surface area contributed by atoms with Crippen LogP contribution < -0.4 is 10.2 Å². The third-order valence-electron chi connectivity index (χ3n) is 5.11. The number of hydrogen-bond acceptors (Lipinski definition) is 4. The van der Waals surface area contributed by atoms with Crippen molar-refractivity contribution in [2.45, 2.75) is 18.2 Å². The van der Waals surface area contributed by atoms with E-state index < -0.39 is 29.1 Å². The van der Waals surface area contributed by atoms with Gasteiger partial charge in [0.05, 0.1) is 12.5 Å². The normalized spacial score (nSPS) is 15.8. The van der Waals surface area contributed by atoms with E-state index in [1.54, 1.807) is 23.6 Å². The molecular formula is C22H23F2N3O3S. The molecule has 1 atom stereocenters. The molecule has 3 amide bonds. The predicted molar refractivity (Wildman–Crippen MR) is 116 cm³/mol. The standard InChI is InChI=1S/C22H23F2N3O3S/c1-3-26(13-19(28)25-21-17(23)5-4-6-18(21)24)22(30)14-11-20(29)27(12-14)15-7-9-16(31-2)10-8-15/h4-10,14H,3,11-13H2,1-2H3,(H,25,28)/t14-/m1/s1. The maximum atomic E-state index is 13.7. The number of para-hydroxylation sites is 1. The third-order valence-corrected chi connectivity index (χ3v) is 5.86. The summed E-state index contributed by atoms with van der Waals surface area (Å²) in [6.07, 6.45) is 2.00. The van der Waals surface area contributed by atoms with Gasteiger partial charge in [-0.2, -0.15) is 0 Å². The summed E-state index contributed by atoms with van der Waals surface area (Å²) in [6.45, 7) is 1.77. The Morgan fingerprint density at radius 3 is 2.39 bits per heavy atom. The summed E-state index contributed by atoms with van der Waals surface area (Å²) < 4.78 is 27.5. The van der Waals surface area contributed by atoms with Crippen LogP contribution in [0.4, 0.5) is 20.2 Å². The van der Waals surface area contributed by atoms with Crippen molar-refractivity contribution in [3.8, 4) is 0 Å². The Labute approximate surface area is 183 Å². The van der Waals surface area contributed by atoms with Crippen LogP contribution in [0.25, 0.3) is 0 Å². The molecule has 0 spiro atoms. The van der Waals surface area contributed by atoms with Gasteiger partial charge in [0, 0.05) is 30.1 Å². The predicted octanol–water partition coefficient (Wildman–Crippen LogP) is 3.53. The molecule has 3 rings (SSSR count). The van der Waals surface area contributed by atoms with E-state index in [-0.39, 0.29) is 37.9 Å². The Kier molecular flexibility index (Phi) is 7.27. The van der Waals surface area contributed by atoms with Crippen LogP contribution in [0.5, 0.6) is 0 Å². The number of thioether (sulfide) groups is 1. The average molecular weight is 448 g/mol. The van der Waals surface area contributed by atoms with Gasteiger partial charge in [-0.15, -0.1) is 11.8 Å². The fourth-order valence-electron chi connectivity index (χ4n) is 3.46. The first-order valence-corrected chi connectivity index (χ1v) is 11.0. The number of amides is 3. The molecule has 31 heavy (non-hydrogen) atoms. The number of benzene rings is 2. The number of carbonyl (C=O) groups is 3. The molecule has 0 unspecified atom stereocenters. The molecule has 164 valence electrons. The highest BCUT2D eigenvalue weighted by Crippen LogP contribution is 2.28. The first kappa shape index (κ1) is 22.7. The van der Waals surface area contributed by atoms with Gasteiger partial charge in [-0.3, -0.25) is 14.4 Å². The fraction of sp³-hybridized carbons (Fsp3) is 0.318. The highest BCUT2D eigenvalue weighted by molar-refractivity contribution is 7.98. The van der Waals surface area contributed by atoms with Crippen molar-refractivity contribution in [3.05, 3.63) is 54.1 Å². The van der Waals surface area contributed by atoms with E-state index in [2.05, 4.69) is 5.32 Å². The minimum absolute atomic E-state index is 0.0448. The number of nitrogens with zero attached hydrogens (tertiary/aromatic N) is 2. The van der Waals surface area contributed by atoms with E-state index in [0.29, 0.717) is 5.69 Å². The minimum Gasteiger partial charge on any atom is -0.333 e. The summed E-state index contributed by atoms with van der Waals surface area (Å²) in [5.41, 5.74) is 0.167. The smallest absolute Gasteiger partial charge is 0.244 e. The van der Waals surface area contributed by atoms with Crippen LogP contribution in [0.1, 0.15) is 13.3 Å². The van der Waals surface area contributed by atoms with E-state index in [1.807, 2.05) is 30.5 Å². The van der Waals surface area contributed by atoms with Crippen molar-refractivity contribution < 1.29 is 23.2 Å². The average Bonchev–Trinajstić information content (AvgIpc) is 3.16. The number of rotatable bonds is 7. The molecule has 0 aromatic heterocycles. The van der Waals surface area contributed by atoms with E-state index in [1.165, 1.54) is 11.0 Å². The van der Waals surface area contributed by atoms with E-state index in [0.717, 1.165) is 17.0 Å². The zero-order valence-electron chi connectivity index (χ0n) is 17.2. The molecule has 1 saturated heterocycles. The van der Waals surface area contributed by atoms with Gasteiger partial charge < -0.3 is 15.1 Å². The Morgan fingerprint density at radius 2 is 1.81 bits per heavy atom. The number of hydrogen-bond donors (Lipinski definition) is 1. The lowest BCUT2D eigenvalue weighted by Crippen LogP contribution is -2.42. The topological polar surface area (TPSA) is 69.7 Å². The largest absolute Gasteiger partial charge is 0.333 e. The van der Waals surface area contributed by atoms with Crippen LogP contribution in [0.3, 0.4) is 0 Å². The molecule has 0 radical (unpaired) electrons. The molecule has 2 aromatic carbocycles. The van der Waals surface area contributed by atoms with Crippen LogP contribution in [-0.4, -0.2) is 48.5 Å². The number of anilines is 2. The Balaban J connectivity index is 1.64. The summed E-state index contributed by atoms with van der Waals surface area (Å²) in [5.74, 6) is -3.61. The third kappa shape index (κ3) is 5.22. The van der Waals surface area contributed by atoms with Gasteiger partial charge in [0.25, 0.3) is 0 Å². The first-order chi connectivity index (χ1) is 14.8. The lowest BCUT2D eigenvalue weighted by molar-refractivity contribution is -0.138. The molecule has 9 heteroatoms. The SMILES string of the molecule is CCN(CC(=O)Nc1c(F)cccc1F)C(=O)[C@@H]1CC(=O)N(c2ccc(SC)cc2)C1. The van der Waals surface area contributed by atoms with Crippen LogP contribution >= 0.6 is 11.8 Å². The van der Waals surface area contributed by atoms with Crippen LogP contribution in [-0.2, 0) is 14.4 Å². The second-order valence-corrected chi connectivity index (χ2v) is 7.98. The van der Waals surface area contributed by atoms with Crippen LogP contribution in [0.2, 0.25) is 0 Å². The lowest BCUT2D eigenvalue weighted by Gasteiger charge is -2.24. The van der Waals surface area contributed by atoms with Crippen molar-refractivity contribution >= 4 is 40.9 Å². The monoisotopic (exact) mass is 447 g/mol. The number of nitrogens with one attached hydrogen (secondary N) is 1. The van der Waals surface area contributed by atoms with E-state index in [9.17, 15) is 23.2 Å². The zero-order valence-corrected chi connectivity index (χ0v) is 18.0. The number of likely N-dealkylation sites (N-methyl/N-ethyl adjacent to an activating group) is 1. The quantitative estimate of drug-likeness (QED) is 0.660. The maximum Gasteiger partial charge on any atom is 0.244 e. The zero-order chi connectivity index (χ0) is 22.5. The number of carbonyl (C=O) groups excluding carboxylic acids is 3. The highest BCUT2D eigenvalue weighted by Gasteiger charge is 2.37. The molecule has 0 aliphatic carbocycles. The highest BCUT2D eigenvalue weighted by atomic mass is 32.2. The fourth-order valence-corrected chi connectivity index (χ4v) is 3.87. The van der Waals surface area contributed by atoms with Crippen molar-refractivity contribution in [2.75, 3.05) is 36.1 Å². The molecule has 2 aromatic rings. The van der Waals surface area contributed by atoms with E-state index in [4.69, 9.17) is 0 Å². The lowest BCUT2D eigenvalue weighted by atomic mass is 10.1. The van der Waals surface area contributed by atoms with Crippen LogP contribution in [0, 0.1) is 17.6 Å². The van der Waals surface area contributed by atoms with Gasteiger partial charge in [-0.05, 0) is 49.6 Å². The number of halogens is 2. The molecule has 0 saturated carbocycles. The summed E-state index contributed by atoms with van der Waals surface area (Å²) in [7, 11) is 0. The summed E-state index contributed by atoms with van der Waals surface area (Å²) in [4.78, 5) is 41.6. The second-order valence-electron chi connectivity index (χ2n) is 7.10. The van der Waals surface area contributed by atoms with Crippen molar-refractivity contribution in [1.29, 1.82) is 0 Å². The maximum absolute atomic E-state index is 13.7. The van der Waals surface area contributed by atoms with Crippen molar-refractivity contribution in [2.24, 2.45) is 5.92 Å². The van der Waals surface area contributed by atoms with Gasteiger partial charge >= 0.3 is 0 Å². The Morgan fingerprint density at radius 1 is 1.16 bits per heavy atom. The van der Waals surface area contributed by atoms with Gasteiger partial charge in [-0.25, -0.2) is 8.78 Å². The molecule has 1 fully saturated rings. The van der Waals surface area contributed by atoms with Gasteiger partial charge in [0.2, 0.25) is 17.7 Å². The molecule has 1 aliphatic heterocycles. The van der Waals surface area contributed by atoms with Crippen molar-refractivity contribution in [1.82, 2.24) is 4.90 Å². The van der Waals surface area contributed by atoms with Gasteiger partial charge in [-0.1, -0.05) is 6.07 Å². The Bertz CT molecular complexity index is 964. The van der Waals surface area contributed by atoms with Crippen LogP contribution in [0.15, 0.2) is 47.4 Å². The van der Waals surface area contributed by atoms with Crippen molar-refractivity contribution in [3.63, 3.8) is 0 Å². The molecule has 0 bridgehead atoms. The minimum atomic E-state index is -0.896. The molecule has 1 heterocycles. The molecule has 6 nitrogen and oxygen atoms in total. The first-order valence-electron chi connectivity index (χ1n) is 9.81. The second kappa shape index (κ2) is 9.91. The summed E-state index contributed by atoms with van der Waals surface area (Å²) in [5, 5.41) is 2.18. The summed E-state index contributed by atoms with van der Waals surface area (Å²) in [6, 6.07) is 10.8. The van der Waals surface area contributed by atoms with Gasteiger partial charge in [0.1, 0.15) is 17.3 Å². The molecule has 1 aliphatic rings. The molecular weight excluding hydrogens is 424 g/mol. The summed E-state index contributed by atoms with van der Waals surface area (Å²) >= 11 is 1.59. The molecule has 1 N–H and O–H groups in total. The van der Waals surface area contributed by atoms with E-state index >= 15 is 0 Å². The van der Waals surface area contributed by atoms with Gasteiger partial charge in [0.15, 0.2) is 0 Å². The Hall–Kier alpha value is -2.94.